The highest BCUT2D eigenvalue weighted by molar-refractivity contribution is 5.72. The van der Waals surface area contributed by atoms with Crippen LogP contribution in [0.25, 0.3) is 59.0 Å². The number of hydrogen-bond donors (Lipinski definition) is 1. The van der Waals surface area contributed by atoms with E-state index in [0.717, 1.165) is 11.0 Å². The summed E-state index contributed by atoms with van der Waals surface area (Å²) in [6.07, 6.45) is 0. The number of para-hydroxylation sites is 2. The highest BCUT2D eigenvalue weighted by Crippen LogP contribution is 2.03. The van der Waals surface area contributed by atoms with Crippen molar-refractivity contribution in [1.29, 1.82) is 0 Å². The number of rotatable bonds is 0. The van der Waals surface area contributed by atoms with Crippen molar-refractivity contribution in [3.05, 3.63) is 72.2 Å². The molecule has 2 aromatic rings. The quantitative estimate of drug-likeness (QED) is 0.417. The standard InChI is InChI=1S/C6H5N3.3N3/c1-2-4-6-5(3-1)7-9-8-6;3*1-3-2/h1-4H,(H,7,8,9);;;/q;3*-1. The molecule has 0 bridgehead atoms. The van der Waals surface area contributed by atoms with Crippen LogP contribution in [0.1, 0.15) is 0 Å². The van der Waals surface area contributed by atoms with E-state index < -0.39 is 0 Å². The number of benzene rings is 1. The van der Waals surface area contributed by atoms with Gasteiger partial charge in [-0.15, -0.1) is 0 Å². The Labute approximate surface area is 99.5 Å². The van der Waals surface area contributed by atoms with E-state index >= 15 is 0 Å². The van der Waals surface area contributed by atoms with Gasteiger partial charge in [-0.1, -0.05) is 12.1 Å². The Bertz CT molecular complexity index is 478. The first-order valence-corrected chi connectivity index (χ1v) is 3.92. The Morgan fingerprint density at radius 2 is 1.00 bits per heavy atom. The van der Waals surface area contributed by atoms with Crippen molar-refractivity contribution < 1.29 is 0 Å². The molecule has 2 rings (SSSR count). The van der Waals surface area contributed by atoms with E-state index in [9.17, 15) is 0 Å². The van der Waals surface area contributed by atoms with Crippen molar-refractivity contribution in [3.63, 3.8) is 0 Å². The van der Waals surface area contributed by atoms with E-state index in [1.165, 1.54) is 14.7 Å². The Morgan fingerprint density at radius 3 is 1.28 bits per heavy atom. The topological polar surface area (TPSA) is 218 Å². The Hall–Kier alpha value is -3.45. The smallest absolute Gasteiger partial charge is 0.112 e. The third-order valence-electron chi connectivity index (χ3n) is 1.22. The van der Waals surface area contributed by atoms with Gasteiger partial charge in [0.05, 0.1) is 0 Å². The first-order chi connectivity index (χ1) is 8.71. The van der Waals surface area contributed by atoms with Crippen LogP contribution in [0.2, 0.25) is 0 Å². The van der Waals surface area contributed by atoms with Crippen molar-refractivity contribution >= 4 is 11.0 Å². The lowest BCUT2D eigenvalue weighted by molar-refractivity contribution is 0.959. The van der Waals surface area contributed by atoms with Crippen LogP contribution >= 0.6 is 0 Å². The minimum atomic E-state index is 0.914. The van der Waals surface area contributed by atoms with Crippen LogP contribution in [0.15, 0.2) is 24.3 Å². The fraction of sp³-hybridized carbons (Fsp3) is 0. The molecule has 0 radical (unpaired) electrons. The van der Waals surface area contributed by atoms with Gasteiger partial charge in [0, 0.05) is 0 Å². The van der Waals surface area contributed by atoms with Crippen molar-refractivity contribution in [1.82, 2.24) is 15.4 Å². The lowest BCUT2D eigenvalue weighted by Gasteiger charge is -1.78. The summed E-state index contributed by atoms with van der Waals surface area (Å²) in [4.78, 5) is 4.50. The molecule has 18 heavy (non-hydrogen) atoms. The molecule has 0 unspecified atom stereocenters. The van der Waals surface area contributed by atoms with E-state index in [-0.39, 0.29) is 0 Å². The molecule has 1 N–H and O–H groups in total. The third kappa shape index (κ3) is 9.12. The van der Waals surface area contributed by atoms with Gasteiger partial charge in [0.2, 0.25) is 0 Å². The number of H-pyrrole nitrogens is 1. The fourth-order valence-corrected chi connectivity index (χ4v) is 0.786. The molecule has 1 aromatic heterocycles. The monoisotopic (exact) mass is 245 g/mol. The van der Waals surface area contributed by atoms with Gasteiger partial charge >= 0.3 is 0 Å². The lowest BCUT2D eigenvalue weighted by atomic mass is 10.3. The Balaban J connectivity index is 0. The number of hydrogen-bond acceptors (Lipinski definition) is 2. The van der Waals surface area contributed by atoms with Crippen LogP contribution in [0.4, 0.5) is 0 Å². The summed E-state index contributed by atoms with van der Waals surface area (Å²) in [5.74, 6) is 0. The molecule has 0 amide bonds. The van der Waals surface area contributed by atoms with Gasteiger partial charge in [-0.05, 0) is 12.1 Å². The van der Waals surface area contributed by atoms with E-state index in [2.05, 4.69) is 15.4 Å². The van der Waals surface area contributed by atoms with Crippen LogP contribution in [-0.4, -0.2) is 15.4 Å². The average molecular weight is 245 g/mol. The SMILES string of the molecule is [N-]=[N+]=[N-].[N-]=[N+]=[N-].[N-]=[N+]=[N-].c1ccc2n[nH]nc2c1. The van der Waals surface area contributed by atoms with Gasteiger partial charge in [-0.2, -0.15) is 15.4 Å². The van der Waals surface area contributed by atoms with Gasteiger partial charge in [-0.25, -0.2) is 0 Å². The van der Waals surface area contributed by atoms with Crippen LogP contribution < -0.4 is 0 Å². The molecule has 12 nitrogen and oxygen atoms in total. The molecule has 1 aromatic carbocycles. The second-order valence-corrected chi connectivity index (χ2v) is 2.08. The molecule has 12 heteroatoms. The maximum Gasteiger partial charge on any atom is 0.112 e. The highest BCUT2D eigenvalue weighted by atomic mass is 15.3. The molecule has 0 fully saturated rings. The number of aromatic nitrogens is 3. The lowest BCUT2D eigenvalue weighted by Crippen LogP contribution is -1.63. The van der Waals surface area contributed by atoms with E-state index in [1.54, 1.807) is 0 Å². The molecule has 0 aliphatic carbocycles. The van der Waals surface area contributed by atoms with Crippen LogP contribution in [0.3, 0.4) is 0 Å². The van der Waals surface area contributed by atoms with Gasteiger partial charge in [0.25, 0.3) is 0 Å². The summed E-state index contributed by atoms with van der Waals surface area (Å²) >= 11 is 0. The Kier molecular flexibility index (Phi) is 12.8. The molecule has 0 saturated carbocycles. The van der Waals surface area contributed by atoms with Gasteiger partial charge in [0.1, 0.15) is 11.0 Å². The molecule has 0 spiro atoms. The minimum absolute atomic E-state index is 0.914. The predicted molar refractivity (Wildman–Crippen MR) is 64.1 cm³/mol. The summed E-state index contributed by atoms with van der Waals surface area (Å²) in [5, 5.41) is 10.3. The number of nitrogens with zero attached hydrogens (tertiary/aromatic N) is 11. The first kappa shape index (κ1) is 17.0. The zero-order valence-corrected chi connectivity index (χ0v) is 8.73. The highest BCUT2D eigenvalue weighted by Gasteiger charge is 1.90. The van der Waals surface area contributed by atoms with Crippen molar-refractivity contribution in [2.45, 2.75) is 0 Å². The molecule has 0 aliphatic rings. The fourth-order valence-electron chi connectivity index (χ4n) is 0.786. The number of fused-ring (bicyclic) bond motifs is 1. The van der Waals surface area contributed by atoms with E-state index in [0.29, 0.717) is 0 Å². The summed E-state index contributed by atoms with van der Waals surface area (Å²) in [7, 11) is 0. The molecular formula is C6H5N12-3. The minimum Gasteiger partial charge on any atom is -0.373 e. The third-order valence-corrected chi connectivity index (χ3v) is 1.22. The summed E-state index contributed by atoms with van der Waals surface area (Å²) in [5.41, 5.74) is 42.3. The predicted octanol–water partition coefficient (Wildman–Crippen LogP) is 3.56. The molecule has 0 aliphatic heterocycles. The van der Waals surface area contributed by atoms with Crippen molar-refractivity contribution in [2.24, 2.45) is 0 Å². The second kappa shape index (κ2) is 13.5. The molecule has 92 valence electrons. The average Bonchev–Trinajstić information content (AvgIpc) is 2.80. The number of nitrogens with one attached hydrogen (secondary N) is 1. The summed E-state index contributed by atoms with van der Waals surface area (Å²) in [6, 6.07) is 7.70. The van der Waals surface area contributed by atoms with Crippen LogP contribution in [0, 0.1) is 0 Å². The second-order valence-electron chi connectivity index (χ2n) is 2.08. The Morgan fingerprint density at radius 1 is 0.722 bits per heavy atom. The molecule has 1 heterocycles. The maximum atomic E-state index is 6.75. The zero-order valence-electron chi connectivity index (χ0n) is 8.73. The molecular weight excluding hydrogens is 240 g/mol. The van der Waals surface area contributed by atoms with Crippen molar-refractivity contribution in [3.8, 4) is 0 Å². The maximum absolute atomic E-state index is 6.75. The van der Waals surface area contributed by atoms with Gasteiger partial charge in [-0.3, -0.25) is 14.7 Å². The largest absolute Gasteiger partial charge is 0.373 e. The van der Waals surface area contributed by atoms with Crippen molar-refractivity contribution in [2.75, 3.05) is 0 Å². The van der Waals surface area contributed by atoms with Crippen LogP contribution in [0.5, 0.6) is 0 Å². The van der Waals surface area contributed by atoms with Gasteiger partial charge in [0.15, 0.2) is 0 Å². The summed E-state index contributed by atoms with van der Waals surface area (Å²) in [6.45, 7) is 0. The van der Waals surface area contributed by atoms with Crippen LogP contribution in [-0.2, 0) is 0 Å². The normalized spacial score (nSPS) is 6.44. The van der Waals surface area contributed by atoms with E-state index in [1.807, 2.05) is 24.3 Å². The van der Waals surface area contributed by atoms with Gasteiger partial charge < -0.3 is 33.2 Å². The van der Waals surface area contributed by atoms with E-state index in [4.69, 9.17) is 33.2 Å². The summed E-state index contributed by atoms with van der Waals surface area (Å²) < 4.78 is 0. The molecule has 0 saturated heterocycles. The zero-order chi connectivity index (χ0) is 14.2. The molecule has 0 atom stereocenters. The number of aromatic amines is 1. The first-order valence-electron chi connectivity index (χ1n) is 3.92.